The number of rotatable bonds is 8. The Balaban J connectivity index is 1.41. The van der Waals surface area contributed by atoms with Gasteiger partial charge in [-0.25, -0.2) is 18.4 Å². The summed E-state index contributed by atoms with van der Waals surface area (Å²) in [6, 6.07) is 6.91. The molecule has 0 radical (unpaired) electrons. The zero-order valence-electron chi connectivity index (χ0n) is 16.9. The van der Waals surface area contributed by atoms with E-state index in [0.29, 0.717) is 42.3 Å². The van der Waals surface area contributed by atoms with Crippen molar-refractivity contribution < 1.29 is 17.9 Å². The maximum absolute atomic E-state index is 12.5. The van der Waals surface area contributed by atoms with Crippen LogP contribution in [0.1, 0.15) is 35.8 Å². The molecule has 2 heterocycles. The Hall–Kier alpha value is -3.40. The normalized spacial score (nSPS) is 13.6. The molecule has 1 N–H and O–H groups in total. The molecular formula is C21H21N5O4S. The van der Waals surface area contributed by atoms with Gasteiger partial charge in [-0.3, -0.25) is 14.8 Å². The van der Waals surface area contributed by atoms with Gasteiger partial charge in [0.15, 0.2) is 14.9 Å². The molecule has 0 unspecified atom stereocenters. The van der Waals surface area contributed by atoms with Crippen molar-refractivity contribution in [1.82, 2.24) is 25.3 Å². The number of nitrogens with zero attached hydrogens (tertiary/aromatic N) is 4. The van der Waals surface area contributed by atoms with Crippen LogP contribution in [0.5, 0.6) is 5.88 Å². The van der Waals surface area contributed by atoms with E-state index in [1.165, 1.54) is 12.4 Å². The quantitative estimate of drug-likeness (QED) is 0.566. The Bertz CT molecular complexity index is 1190. The smallest absolute Gasteiger partial charge is 0.251 e. The number of sulfone groups is 1. The van der Waals surface area contributed by atoms with E-state index < -0.39 is 9.84 Å². The molecule has 1 fully saturated rings. The maximum atomic E-state index is 12.5. The second kappa shape index (κ2) is 8.76. The average Bonchev–Trinajstić information content (AvgIpc) is 3.64. The highest BCUT2D eigenvalue weighted by Crippen LogP contribution is 2.32. The molecule has 31 heavy (non-hydrogen) atoms. The number of benzene rings is 1. The highest BCUT2D eigenvalue weighted by atomic mass is 32.2. The molecule has 0 atom stereocenters. The van der Waals surface area contributed by atoms with E-state index >= 15 is 0 Å². The number of hydrogen-bond acceptors (Lipinski definition) is 8. The van der Waals surface area contributed by atoms with Crippen LogP contribution in [0, 0.1) is 0 Å². The summed E-state index contributed by atoms with van der Waals surface area (Å²) in [6.07, 6.45) is 7.17. The Morgan fingerprint density at radius 3 is 2.52 bits per heavy atom. The minimum atomic E-state index is -3.42. The van der Waals surface area contributed by atoms with Crippen molar-refractivity contribution in [2.24, 2.45) is 0 Å². The molecule has 3 aromatic rings. The molecule has 160 valence electrons. The SMILES string of the molecule is CCOc1cncc(-c2ccc(C(=O)NCc3cncc(S(=O)(=O)C4CC4)n3)cc2)n1. The maximum Gasteiger partial charge on any atom is 0.251 e. The highest BCUT2D eigenvalue weighted by Gasteiger charge is 2.38. The van der Waals surface area contributed by atoms with Crippen molar-refractivity contribution in [3.05, 3.63) is 60.3 Å². The van der Waals surface area contributed by atoms with E-state index in [0.717, 1.165) is 5.56 Å². The summed E-state index contributed by atoms with van der Waals surface area (Å²) in [5.41, 5.74) is 2.28. The average molecular weight is 439 g/mol. The van der Waals surface area contributed by atoms with Gasteiger partial charge in [-0.15, -0.1) is 0 Å². The molecule has 9 nitrogen and oxygen atoms in total. The first-order chi connectivity index (χ1) is 15.0. The second-order valence-electron chi connectivity index (χ2n) is 7.03. The lowest BCUT2D eigenvalue weighted by atomic mass is 10.1. The third-order valence-electron chi connectivity index (χ3n) is 4.69. The molecule has 0 aliphatic heterocycles. The Labute approximate surface area is 179 Å². The van der Waals surface area contributed by atoms with Crippen LogP contribution in [0.2, 0.25) is 0 Å². The summed E-state index contributed by atoms with van der Waals surface area (Å²) in [6.45, 7) is 2.44. The molecule has 10 heteroatoms. The lowest BCUT2D eigenvalue weighted by Gasteiger charge is -2.08. The molecule has 4 rings (SSSR count). The predicted octanol–water partition coefficient (Wildman–Crippen LogP) is 2.20. The summed E-state index contributed by atoms with van der Waals surface area (Å²) in [7, 11) is -3.42. The van der Waals surface area contributed by atoms with Crippen molar-refractivity contribution in [2.75, 3.05) is 6.61 Å². The largest absolute Gasteiger partial charge is 0.477 e. The van der Waals surface area contributed by atoms with Crippen LogP contribution >= 0.6 is 0 Å². The summed E-state index contributed by atoms with van der Waals surface area (Å²) in [4.78, 5) is 29.1. The molecule has 0 saturated heterocycles. The number of nitrogens with one attached hydrogen (secondary N) is 1. The van der Waals surface area contributed by atoms with Gasteiger partial charge in [-0.2, -0.15) is 0 Å². The minimum Gasteiger partial charge on any atom is -0.477 e. The van der Waals surface area contributed by atoms with Gasteiger partial charge in [-0.05, 0) is 31.9 Å². The van der Waals surface area contributed by atoms with Gasteiger partial charge in [0.2, 0.25) is 5.88 Å². The first kappa shape index (κ1) is 20.9. The molecular weight excluding hydrogens is 418 g/mol. The molecule has 1 amide bonds. The van der Waals surface area contributed by atoms with Crippen LogP contribution in [-0.4, -0.2) is 46.1 Å². The van der Waals surface area contributed by atoms with Gasteiger partial charge in [0.1, 0.15) is 0 Å². The van der Waals surface area contributed by atoms with Crippen molar-refractivity contribution in [3.63, 3.8) is 0 Å². The van der Waals surface area contributed by atoms with Gasteiger partial charge >= 0.3 is 0 Å². The Morgan fingerprint density at radius 1 is 1.06 bits per heavy atom. The van der Waals surface area contributed by atoms with Crippen molar-refractivity contribution in [1.29, 1.82) is 0 Å². The number of ether oxygens (including phenoxy) is 1. The summed E-state index contributed by atoms with van der Waals surface area (Å²) >= 11 is 0. The first-order valence-electron chi connectivity index (χ1n) is 9.85. The van der Waals surface area contributed by atoms with Crippen LogP contribution in [0.3, 0.4) is 0 Å². The number of carbonyl (C=O) groups is 1. The van der Waals surface area contributed by atoms with Gasteiger partial charge in [0.05, 0.1) is 54.6 Å². The summed E-state index contributed by atoms with van der Waals surface area (Å²) in [5.74, 6) is 0.131. The van der Waals surface area contributed by atoms with Crippen molar-refractivity contribution in [3.8, 4) is 17.1 Å². The Kier molecular flexibility index (Phi) is 5.90. The lowest BCUT2D eigenvalue weighted by Crippen LogP contribution is -2.24. The summed E-state index contributed by atoms with van der Waals surface area (Å²) < 4.78 is 30.0. The van der Waals surface area contributed by atoms with Gasteiger partial charge < -0.3 is 10.1 Å². The van der Waals surface area contributed by atoms with Gasteiger partial charge in [-0.1, -0.05) is 12.1 Å². The van der Waals surface area contributed by atoms with Gasteiger partial charge in [0, 0.05) is 11.1 Å². The van der Waals surface area contributed by atoms with E-state index in [-0.39, 0.29) is 22.7 Å². The van der Waals surface area contributed by atoms with Gasteiger partial charge in [0.25, 0.3) is 5.91 Å². The van der Waals surface area contributed by atoms with E-state index in [2.05, 4.69) is 25.3 Å². The van der Waals surface area contributed by atoms with Crippen molar-refractivity contribution >= 4 is 15.7 Å². The fourth-order valence-electron chi connectivity index (χ4n) is 2.93. The number of amides is 1. The third-order valence-corrected chi connectivity index (χ3v) is 6.82. The van der Waals surface area contributed by atoms with E-state index in [9.17, 15) is 13.2 Å². The lowest BCUT2D eigenvalue weighted by molar-refractivity contribution is 0.0950. The third kappa shape index (κ3) is 4.85. The number of aromatic nitrogens is 4. The Morgan fingerprint density at radius 2 is 1.81 bits per heavy atom. The van der Waals surface area contributed by atoms with Crippen LogP contribution in [0.4, 0.5) is 0 Å². The topological polar surface area (TPSA) is 124 Å². The molecule has 0 bridgehead atoms. The second-order valence-corrected chi connectivity index (χ2v) is 9.20. The standard InChI is InChI=1S/C21H21N5O4S/c1-2-30-19-12-23-11-18(26-19)14-3-5-15(6-4-14)21(27)24-10-16-9-22-13-20(25-16)31(28,29)17-7-8-17/h3-6,9,11-13,17H,2,7-8,10H2,1H3,(H,24,27). The van der Waals surface area contributed by atoms with Crippen LogP contribution in [0.25, 0.3) is 11.3 Å². The molecule has 2 aromatic heterocycles. The molecule has 0 spiro atoms. The van der Waals surface area contributed by atoms with E-state index in [1.54, 1.807) is 36.7 Å². The highest BCUT2D eigenvalue weighted by molar-refractivity contribution is 7.92. The number of carbonyl (C=O) groups excluding carboxylic acids is 1. The van der Waals surface area contributed by atoms with Crippen LogP contribution < -0.4 is 10.1 Å². The number of hydrogen-bond donors (Lipinski definition) is 1. The monoisotopic (exact) mass is 439 g/mol. The van der Waals surface area contributed by atoms with Crippen LogP contribution in [-0.2, 0) is 16.4 Å². The van der Waals surface area contributed by atoms with E-state index in [1.807, 2.05) is 6.92 Å². The molecule has 1 aromatic carbocycles. The summed E-state index contributed by atoms with van der Waals surface area (Å²) in [5, 5.41) is 2.34. The first-order valence-corrected chi connectivity index (χ1v) is 11.4. The fourth-order valence-corrected chi connectivity index (χ4v) is 4.48. The fraction of sp³-hybridized carbons (Fsp3) is 0.286. The molecule has 1 aliphatic carbocycles. The zero-order valence-corrected chi connectivity index (χ0v) is 17.7. The zero-order chi connectivity index (χ0) is 21.8. The molecule has 1 aliphatic rings. The predicted molar refractivity (Wildman–Crippen MR) is 112 cm³/mol. The van der Waals surface area contributed by atoms with Crippen molar-refractivity contribution in [2.45, 2.75) is 36.6 Å². The minimum absolute atomic E-state index is 0.0403. The van der Waals surface area contributed by atoms with E-state index in [4.69, 9.17) is 4.74 Å². The van der Waals surface area contributed by atoms with Crippen LogP contribution in [0.15, 0.2) is 54.1 Å². The molecule has 1 saturated carbocycles.